The average molecular weight is 194 g/mol. The third-order valence-corrected chi connectivity index (χ3v) is 3.43. The van der Waals surface area contributed by atoms with Crippen LogP contribution in [0.2, 0.25) is 0 Å². The maximum Gasteiger partial charge on any atom is 0.488 e. The Balaban J connectivity index is 2.35. The molecule has 1 aliphatic heterocycles. The van der Waals surface area contributed by atoms with Crippen LogP contribution in [0.15, 0.2) is 23.1 Å². The van der Waals surface area contributed by atoms with Gasteiger partial charge in [-0.1, -0.05) is 12.1 Å². The van der Waals surface area contributed by atoms with Gasteiger partial charge in [0.05, 0.1) is 0 Å². The fourth-order valence-electron chi connectivity index (χ4n) is 1.54. The smallest absolute Gasteiger partial charge is 0.423 e. The molecule has 0 radical (unpaired) electrons. The van der Waals surface area contributed by atoms with Crippen molar-refractivity contribution in [1.82, 2.24) is 0 Å². The molecule has 2 nitrogen and oxygen atoms in total. The van der Waals surface area contributed by atoms with E-state index in [1.807, 2.05) is 23.9 Å². The summed E-state index contributed by atoms with van der Waals surface area (Å²) in [6.45, 7) is 0. The monoisotopic (exact) mass is 194 g/mol. The third-order valence-electron chi connectivity index (χ3n) is 2.23. The lowest BCUT2D eigenvalue weighted by atomic mass is 9.79. The van der Waals surface area contributed by atoms with Gasteiger partial charge in [-0.05, 0) is 35.7 Å². The molecule has 0 aliphatic carbocycles. The topological polar surface area (TPSA) is 40.5 Å². The highest BCUT2D eigenvalue weighted by molar-refractivity contribution is 7.99. The molecule has 0 aromatic heterocycles. The normalized spacial score (nSPS) is 15.2. The number of hydrogen-bond acceptors (Lipinski definition) is 3. The van der Waals surface area contributed by atoms with E-state index in [9.17, 15) is 0 Å². The van der Waals surface area contributed by atoms with E-state index in [2.05, 4.69) is 0 Å². The Bertz CT molecular complexity index is 314. The van der Waals surface area contributed by atoms with Crippen molar-refractivity contribution in [3.8, 4) is 0 Å². The van der Waals surface area contributed by atoms with Gasteiger partial charge in [0, 0.05) is 4.90 Å². The zero-order valence-electron chi connectivity index (χ0n) is 7.23. The second kappa shape index (κ2) is 3.74. The second-order valence-corrected chi connectivity index (χ2v) is 4.33. The van der Waals surface area contributed by atoms with E-state index in [-0.39, 0.29) is 0 Å². The van der Waals surface area contributed by atoms with Gasteiger partial charge < -0.3 is 10.0 Å². The zero-order chi connectivity index (χ0) is 9.26. The Labute approximate surface area is 82.1 Å². The van der Waals surface area contributed by atoms with Gasteiger partial charge in [-0.25, -0.2) is 0 Å². The molecule has 0 saturated carbocycles. The number of fused-ring (bicyclic) bond motifs is 1. The quantitative estimate of drug-likeness (QED) is 0.636. The maximum atomic E-state index is 8.97. The molecular weight excluding hydrogens is 183 g/mol. The molecule has 0 amide bonds. The molecule has 0 fully saturated rings. The van der Waals surface area contributed by atoms with E-state index >= 15 is 0 Å². The van der Waals surface area contributed by atoms with E-state index in [4.69, 9.17) is 10.0 Å². The van der Waals surface area contributed by atoms with E-state index in [0.29, 0.717) is 5.46 Å². The number of hydrogen-bond donors (Lipinski definition) is 2. The van der Waals surface area contributed by atoms with Crippen LogP contribution in [0.25, 0.3) is 0 Å². The number of thioether (sulfide) groups is 1. The lowest BCUT2D eigenvalue weighted by molar-refractivity contribution is 0.425. The minimum Gasteiger partial charge on any atom is -0.423 e. The number of benzene rings is 1. The van der Waals surface area contributed by atoms with Crippen LogP contribution in [0, 0.1) is 0 Å². The van der Waals surface area contributed by atoms with Gasteiger partial charge in [0.15, 0.2) is 0 Å². The van der Waals surface area contributed by atoms with Crippen molar-refractivity contribution in [2.75, 3.05) is 5.75 Å². The Kier molecular flexibility index (Phi) is 2.62. The van der Waals surface area contributed by atoms with Crippen LogP contribution < -0.4 is 5.46 Å². The van der Waals surface area contributed by atoms with Crippen molar-refractivity contribution < 1.29 is 10.0 Å². The lowest BCUT2D eigenvalue weighted by Gasteiger charge is -2.15. The standard InChI is InChI=1S/C9H11BO2S/c11-10(12)8-3-4-9-7(6-8)2-1-5-13-9/h3-4,6,11-12H,1-2,5H2. The van der Waals surface area contributed by atoms with Crippen LogP contribution in [0.4, 0.5) is 0 Å². The highest BCUT2D eigenvalue weighted by Crippen LogP contribution is 2.28. The first-order chi connectivity index (χ1) is 6.27. The molecule has 13 heavy (non-hydrogen) atoms. The van der Waals surface area contributed by atoms with E-state index in [1.165, 1.54) is 22.6 Å². The molecular formula is C9H11BO2S. The summed E-state index contributed by atoms with van der Waals surface area (Å²) in [6.07, 6.45) is 2.24. The Hall–Kier alpha value is -0.445. The third kappa shape index (κ3) is 1.90. The van der Waals surface area contributed by atoms with Gasteiger partial charge in [-0.2, -0.15) is 0 Å². The molecule has 2 rings (SSSR count). The van der Waals surface area contributed by atoms with Gasteiger partial charge in [0.25, 0.3) is 0 Å². The summed E-state index contributed by atoms with van der Waals surface area (Å²) in [5.41, 5.74) is 1.85. The minimum atomic E-state index is -1.34. The molecule has 0 unspecified atom stereocenters. The van der Waals surface area contributed by atoms with Crippen molar-refractivity contribution in [2.24, 2.45) is 0 Å². The first-order valence-electron chi connectivity index (χ1n) is 4.39. The van der Waals surface area contributed by atoms with Crippen molar-refractivity contribution in [2.45, 2.75) is 17.7 Å². The Morgan fingerprint density at radius 3 is 2.92 bits per heavy atom. The van der Waals surface area contributed by atoms with Gasteiger partial charge in [0.2, 0.25) is 0 Å². The summed E-state index contributed by atoms with van der Waals surface area (Å²) in [4.78, 5) is 1.29. The summed E-state index contributed by atoms with van der Waals surface area (Å²) in [5, 5.41) is 17.9. The summed E-state index contributed by atoms with van der Waals surface area (Å²) >= 11 is 1.85. The number of aryl methyl sites for hydroxylation is 1. The van der Waals surface area contributed by atoms with E-state index < -0.39 is 7.12 Å². The lowest BCUT2D eigenvalue weighted by Crippen LogP contribution is -2.30. The van der Waals surface area contributed by atoms with E-state index in [0.717, 1.165) is 6.42 Å². The summed E-state index contributed by atoms with van der Waals surface area (Å²) < 4.78 is 0. The molecule has 1 aliphatic rings. The average Bonchev–Trinajstić information content (AvgIpc) is 2.17. The van der Waals surface area contributed by atoms with E-state index in [1.54, 1.807) is 6.07 Å². The Morgan fingerprint density at radius 1 is 1.31 bits per heavy atom. The highest BCUT2D eigenvalue weighted by atomic mass is 32.2. The molecule has 4 heteroatoms. The summed E-state index contributed by atoms with van der Waals surface area (Å²) in [7, 11) is -1.34. The largest absolute Gasteiger partial charge is 0.488 e. The van der Waals surface area contributed by atoms with Crippen LogP contribution in [-0.4, -0.2) is 22.9 Å². The van der Waals surface area contributed by atoms with Crippen molar-refractivity contribution in [3.63, 3.8) is 0 Å². The summed E-state index contributed by atoms with van der Waals surface area (Å²) in [6, 6.07) is 5.65. The molecule has 0 spiro atoms. The molecule has 2 N–H and O–H groups in total. The summed E-state index contributed by atoms with van der Waals surface area (Å²) in [5.74, 6) is 1.17. The number of rotatable bonds is 1. The maximum absolute atomic E-state index is 8.97. The van der Waals surface area contributed by atoms with Crippen LogP contribution in [0.5, 0.6) is 0 Å². The molecule has 0 atom stereocenters. The van der Waals surface area contributed by atoms with Crippen LogP contribution in [-0.2, 0) is 6.42 Å². The van der Waals surface area contributed by atoms with Crippen molar-refractivity contribution in [1.29, 1.82) is 0 Å². The predicted octanol–water partition coefficient (Wildman–Crippen LogP) is 0.405. The molecule has 68 valence electrons. The molecule has 0 saturated heterocycles. The fraction of sp³-hybridized carbons (Fsp3) is 0.333. The second-order valence-electron chi connectivity index (χ2n) is 3.19. The first-order valence-corrected chi connectivity index (χ1v) is 5.38. The fourth-order valence-corrected chi connectivity index (χ4v) is 2.56. The molecule has 1 heterocycles. The van der Waals surface area contributed by atoms with Crippen LogP contribution in [0.1, 0.15) is 12.0 Å². The van der Waals surface area contributed by atoms with Crippen LogP contribution >= 0.6 is 11.8 Å². The van der Waals surface area contributed by atoms with Gasteiger partial charge in [-0.15, -0.1) is 11.8 Å². The zero-order valence-corrected chi connectivity index (χ0v) is 8.05. The van der Waals surface area contributed by atoms with Crippen molar-refractivity contribution in [3.05, 3.63) is 23.8 Å². The predicted molar refractivity (Wildman–Crippen MR) is 55.3 cm³/mol. The minimum absolute atomic E-state index is 0.598. The highest BCUT2D eigenvalue weighted by Gasteiger charge is 2.15. The first kappa shape index (κ1) is 9.12. The van der Waals surface area contributed by atoms with Crippen molar-refractivity contribution >= 4 is 24.3 Å². The molecule has 0 bridgehead atoms. The van der Waals surface area contributed by atoms with Gasteiger partial charge in [0.1, 0.15) is 0 Å². The Morgan fingerprint density at radius 2 is 2.15 bits per heavy atom. The molecule has 1 aromatic carbocycles. The molecule has 1 aromatic rings. The van der Waals surface area contributed by atoms with Gasteiger partial charge in [-0.3, -0.25) is 0 Å². The SMILES string of the molecule is OB(O)c1ccc2c(c1)CCCS2. The van der Waals surface area contributed by atoms with Gasteiger partial charge >= 0.3 is 7.12 Å². The van der Waals surface area contributed by atoms with Crippen LogP contribution in [0.3, 0.4) is 0 Å².